The number of alkyl halides is 3. The number of oxazole rings is 1. The highest BCUT2D eigenvalue weighted by molar-refractivity contribution is 5.47. The second kappa shape index (κ2) is 6.06. The number of pyridine rings is 1. The molecule has 0 N–H and O–H groups in total. The van der Waals surface area contributed by atoms with Crippen LogP contribution >= 0.6 is 0 Å². The fourth-order valence-corrected chi connectivity index (χ4v) is 2.13. The number of nitrogens with zero attached hydrogens (tertiary/aromatic N) is 4. The first kappa shape index (κ1) is 16.2. The highest BCUT2D eigenvalue weighted by Crippen LogP contribution is 2.29. The minimum Gasteiger partial charge on any atom is -0.435 e. The fourth-order valence-electron chi connectivity index (χ4n) is 2.13. The molecule has 6 nitrogen and oxygen atoms in total. The van der Waals surface area contributed by atoms with Crippen molar-refractivity contribution in [2.45, 2.75) is 32.9 Å². The Labute approximate surface area is 134 Å². The number of hydrogen-bond acceptors (Lipinski definition) is 6. The van der Waals surface area contributed by atoms with Crippen molar-refractivity contribution >= 4 is 0 Å². The van der Waals surface area contributed by atoms with E-state index in [0.717, 1.165) is 18.3 Å². The van der Waals surface area contributed by atoms with Crippen molar-refractivity contribution in [2.24, 2.45) is 0 Å². The molecule has 0 amide bonds. The topological polar surface area (TPSA) is 77.8 Å². The zero-order chi connectivity index (χ0) is 17.3. The van der Waals surface area contributed by atoms with Crippen LogP contribution in [0.4, 0.5) is 13.2 Å². The standard InChI is InChI=1S/C15H13F3N4O2/c1-3-12-20-8(2)13(23-12)14-21-11(22-24-14)7-10-6-9(4-5-19-10)15(16,17)18/h4-6H,3,7H2,1-2H3. The van der Waals surface area contributed by atoms with Crippen LogP contribution in [0.5, 0.6) is 0 Å². The highest BCUT2D eigenvalue weighted by atomic mass is 19.4. The molecule has 0 aliphatic heterocycles. The van der Waals surface area contributed by atoms with E-state index in [1.165, 1.54) is 0 Å². The van der Waals surface area contributed by atoms with Gasteiger partial charge in [-0.05, 0) is 19.1 Å². The van der Waals surface area contributed by atoms with Crippen molar-refractivity contribution in [3.8, 4) is 11.7 Å². The normalized spacial score (nSPS) is 11.9. The summed E-state index contributed by atoms with van der Waals surface area (Å²) in [7, 11) is 0. The van der Waals surface area contributed by atoms with Crippen LogP contribution in [0.15, 0.2) is 27.3 Å². The zero-order valence-electron chi connectivity index (χ0n) is 12.9. The first-order valence-electron chi connectivity index (χ1n) is 7.18. The third-order valence-electron chi connectivity index (χ3n) is 3.29. The maximum atomic E-state index is 12.7. The van der Waals surface area contributed by atoms with Gasteiger partial charge in [0.25, 0.3) is 5.89 Å². The van der Waals surface area contributed by atoms with Gasteiger partial charge in [0, 0.05) is 18.3 Å². The summed E-state index contributed by atoms with van der Waals surface area (Å²) in [5, 5.41) is 3.76. The van der Waals surface area contributed by atoms with Crippen molar-refractivity contribution in [3.63, 3.8) is 0 Å². The molecule has 0 bridgehead atoms. The van der Waals surface area contributed by atoms with E-state index in [-0.39, 0.29) is 23.8 Å². The van der Waals surface area contributed by atoms with Gasteiger partial charge in [0.05, 0.1) is 17.7 Å². The lowest BCUT2D eigenvalue weighted by atomic mass is 10.2. The number of halogens is 3. The number of rotatable bonds is 4. The summed E-state index contributed by atoms with van der Waals surface area (Å²) in [6.07, 6.45) is -2.68. The van der Waals surface area contributed by atoms with E-state index in [9.17, 15) is 13.2 Å². The van der Waals surface area contributed by atoms with E-state index in [2.05, 4.69) is 20.1 Å². The van der Waals surface area contributed by atoms with E-state index in [4.69, 9.17) is 8.94 Å². The van der Waals surface area contributed by atoms with Crippen LogP contribution in [0.3, 0.4) is 0 Å². The van der Waals surface area contributed by atoms with Crippen molar-refractivity contribution < 1.29 is 22.1 Å². The minimum atomic E-state index is -4.42. The summed E-state index contributed by atoms with van der Waals surface area (Å²) in [4.78, 5) is 12.3. The Bertz CT molecular complexity index is 855. The molecule has 0 aliphatic carbocycles. The molecule has 0 radical (unpaired) electrons. The summed E-state index contributed by atoms with van der Waals surface area (Å²) < 4.78 is 48.8. The number of aromatic nitrogens is 4. The third-order valence-corrected chi connectivity index (χ3v) is 3.29. The van der Waals surface area contributed by atoms with Crippen LogP contribution < -0.4 is 0 Å². The van der Waals surface area contributed by atoms with Gasteiger partial charge in [-0.1, -0.05) is 12.1 Å². The van der Waals surface area contributed by atoms with Crippen molar-refractivity contribution in [2.75, 3.05) is 0 Å². The number of hydrogen-bond donors (Lipinski definition) is 0. The molecule has 3 aromatic heterocycles. The lowest BCUT2D eigenvalue weighted by molar-refractivity contribution is -0.137. The van der Waals surface area contributed by atoms with Gasteiger partial charge in [-0.2, -0.15) is 18.2 Å². The van der Waals surface area contributed by atoms with Gasteiger partial charge >= 0.3 is 6.18 Å². The van der Waals surface area contributed by atoms with Crippen LogP contribution in [-0.2, 0) is 19.0 Å². The Kier molecular flexibility index (Phi) is 4.08. The minimum absolute atomic E-state index is 0.0151. The average molecular weight is 338 g/mol. The quantitative estimate of drug-likeness (QED) is 0.723. The van der Waals surface area contributed by atoms with E-state index in [1.54, 1.807) is 6.92 Å². The van der Waals surface area contributed by atoms with Crippen molar-refractivity contribution in [3.05, 3.63) is 47.0 Å². The van der Waals surface area contributed by atoms with Crippen molar-refractivity contribution in [1.29, 1.82) is 0 Å². The highest BCUT2D eigenvalue weighted by Gasteiger charge is 2.30. The lowest BCUT2D eigenvalue weighted by Crippen LogP contribution is -2.06. The Balaban J connectivity index is 1.83. The van der Waals surface area contributed by atoms with E-state index < -0.39 is 11.7 Å². The molecule has 0 saturated heterocycles. The molecular formula is C15H13F3N4O2. The maximum absolute atomic E-state index is 12.7. The molecule has 0 spiro atoms. The van der Waals surface area contributed by atoms with Gasteiger partial charge < -0.3 is 8.94 Å². The molecule has 9 heteroatoms. The van der Waals surface area contributed by atoms with Gasteiger partial charge in [-0.25, -0.2) is 4.98 Å². The summed E-state index contributed by atoms with van der Waals surface area (Å²) in [5.41, 5.74) is 0.0369. The smallest absolute Gasteiger partial charge is 0.416 e. The average Bonchev–Trinajstić information content (AvgIpc) is 3.13. The van der Waals surface area contributed by atoms with Crippen molar-refractivity contribution in [1.82, 2.24) is 20.1 Å². The molecule has 3 rings (SSSR count). The van der Waals surface area contributed by atoms with Gasteiger partial charge in [0.1, 0.15) is 0 Å². The maximum Gasteiger partial charge on any atom is 0.416 e. The van der Waals surface area contributed by atoms with Gasteiger partial charge in [0.2, 0.25) is 5.76 Å². The number of aryl methyl sites for hydroxylation is 2. The Hall–Kier alpha value is -2.71. The monoisotopic (exact) mass is 338 g/mol. The summed E-state index contributed by atoms with van der Waals surface area (Å²) in [6.45, 7) is 3.64. The molecule has 126 valence electrons. The van der Waals surface area contributed by atoms with Crippen LogP contribution in [-0.4, -0.2) is 20.1 Å². The zero-order valence-corrected chi connectivity index (χ0v) is 12.9. The molecule has 24 heavy (non-hydrogen) atoms. The lowest BCUT2D eigenvalue weighted by Gasteiger charge is -2.06. The van der Waals surface area contributed by atoms with Gasteiger partial charge in [-0.15, -0.1) is 0 Å². The molecule has 0 unspecified atom stereocenters. The van der Waals surface area contributed by atoms with Gasteiger partial charge in [0.15, 0.2) is 11.7 Å². The third kappa shape index (κ3) is 3.29. The van der Waals surface area contributed by atoms with E-state index in [0.29, 0.717) is 23.8 Å². The first-order chi connectivity index (χ1) is 11.4. The van der Waals surface area contributed by atoms with Crippen LogP contribution in [0.25, 0.3) is 11.7 Å². The second-order valence-electron chi connectivity index (χ2n) is 5.10. The molecule has 0 fully saturated rings. The van der Waals surface area contributed by atoms with E-state index in [1.807, 2.05) is 6.92 Å². The Morgan fingerprint density at radius 2 is 2.00 bits per heavy atom. The van der Waals surface area contributed by atoms with Crippen LogP contribution in [0, 0.1) is 6.92 Å². The predicted molar refractivity (Wildman–Crippen MR) is 76.0 cm³/mol. The summed E-state index contributed by atoms with van der Waals surface area (Å²) in [6, 6.07) is 1.88. The molecule has 3 aromatic rings. The molecular weight excluding hydrogens is 325 g/mol. The Morgan fingerprint density at radius 1 is 1.21 bits per heavy atom. The Morgan fingerprint density at radius 3 is 2.67 bits per heavy atom. The molecule has 0 atom stereocenters. The van der Waals surface area contributed by atoms with Gasteiger partial charge in [-0.3, -0.25) is 4.98 Å². The molecule has 0 aromatic carbocycles. The second-order valence-corrected chi connectivity index (χ2v) is 5.10. The predicted octanol–water partition coefficient (Wildman–Crippen LogP) is 3.60. The largest absolute Gasteiger partial charge is 0.435 e. The summed E-state index contributed by atoms with van der Waals surface area (Å²) >= 11 is 0. The van der Waals surface area contributed by atoms with Crippen LogP contribution in [0.2, 0.25) is 0 Å². The fraction of sp³-hybridized carbons (Fsp3) is 0.333. The molecule has 3 heterocycles. The first-order valence-corrected chi connectivity index (χ1v) is 7.18. The molecule has 0 aliphatic rings. The summed E-state index contributed by atoms with van der Waals surface area (Å²) in [5.74, 6) is 1.26. The SMILES string of the molecule is CCc1nc(C)c(-c2nc(Cc3cc(C(F)(F)F)ccn3)no2)o1. The van der Waals surface area contributed by atoms with E-state index >= 15 is 0 Å². The van der Waals surface area contributed by atoms with Crippen LogP contribution in [0.1, 0.15) is 35.6 Å². The molecule has 0 saturated carbocycles.